The average Bonchev–Trinajstić information content (AvgIpc) is 3.09. The summed E-state index contributed by atoms with van der Waals surface area (Å²) in [5.41, 5.74) is 1.81. The standard InChI is InChI=1S/C20H23N5O3/c1-13(10-16-8-9-18(26)19(27)12-16)21-20(28)17(25-14(2)22-23-24-25)11-15-6-4-3-5-7-15/h3-9,12-13,17,26-27H,10-11H2,1-2H3,(H,21,28)/t13-,17-/m0/s1. The molecule has 3 rings (SSSR count). The number of amides is 1. The Balaban J connectivity index is 1.73. The summed E-state index contributed by atoms with van der Waals surface area (Å²) in [5, 5.41) is 33.6. The highest BCUT2D eigenvalue weighted by molar-refractivity contribution is 5.80. The lowest BCUT2D eigenvalue weighted by molar-refractivity contribution is -0.125. The summed E-state index contributed by atoms with van der Waals surface area (Å²) in [4.78, 5) is 13.0. The second kappa shape index (κ2) is 8.51. The van der Waals surface area contributed by atoms with Crippen molar-refractivity contribution in [1.29, 1.82) is 0 Å². The Morgan fingerprint density at radius 3 is 2.46 bits per heavy atom. The lowest BCUT2D eigenvalue weighted by Crippen LogP contribution is -2.40. The van der Waals surface area contributed by atoms with Gasteiger partial charge >= 0.3 is 0 Å². The number of aromatic nitrogens is 4. The number of aromatic hydroxyl groups is 2. The summed E-state index contributed by atoms with van der Waals surface area (Å²) < 4.78 is 1.53. The molecule has 0 aliphatic rings. The Labute approximate surface area is 162 Å². The van der Waals surface area contributed by atoms with Gasteiger partial charge in [0.15, 0.2) is 11.5 Å². The number of hydrogen-bond acceptors (Lipinski definition) is 6. The lowest BCUT2D eigenvalue weighted by atomic mass is 10.0. The summed E-state index contributed by atoms with van der Waals surface area (Å²) in [6.07, 6.45) is 0.970. The van der Waals surface area contributed by atoms with Gasteiger partial charge in [-0.25, -0.2) is 4.68 Å². The minimum atomic E-state index is -0.576. The molecule has 0 saturated heterocycles. The summed E-state index contributed by atoms with van der Waals surface area (Å²) in [5.74, 6) is 0.0294. The third-order valence-electron chi connectivity index (χ3n) is 4.50. The zero-order chi connectivity index (χ0) is 20.1. The van der Waals surface area contributed by atoms with Crippen molar-refractivity contribution >= 4 is 5.91 Å². The van der Waals surface area contributed by atoms with Crippen LogP contribution in [0.5, 0.6) is 11.5 Å². The van der Waals surface area contributed by atoms with Crippen LogP contribution in [0.2, 0.25) is 0 Å². The monoisotopic (exact) mass is 381 g/mol. The molecule has 0 saturated carbocycles. The van der Waals surface area contributed by atoms with Crippen LogP contribution in [-0.4, -0.2) is 42.4 Å². The first kappa shape index (κ1) is 19.3. The Bertz CT molecular complexity index is 942. The van der Waals surface area contributed by atoms with Gasteiger partial charge in [-0.2, -0.15) is 0 Å². The molecule has 0 aliphatic carbocycles. The first-order chi connectivity index (χ1) is 13.4. The molecule has 0 aliphatic heterocycles. The molecule has 8 nitrogen and oxygen atoms in total. The van der Waals surface area contributed by atoms with Crippen LogP contribution < -0.4 is 5.32 Å². The highest BCUT2D eigenvalue weighted by Gasteiger charge is 2.25. The van der Waals surface area contributed by atoms with Gasteiger partial charge in [0.2, 0.25) is 5.91 Å². The van der Waals surface area contributed by atoms with E-state index in [-0.39, 0.29) is 23.4 Å². The van der Waals surface area contributed by atoms with E-state index in [1.165, 1.54) is 16.8 Å². The van der Waals surface area contributed by atoms with Gasteiger partial charge in [0.1, 0.15) is 11.9 Å². The van der Waals surface area contributed by atoms with Crippen molar-refractivity contribution in [3.8, 4) is 11.5 Å². The van der Waals surface area contributed by atoms with Crippen molar-refractivity contribution in [3.05, 3.63) is 65.5 Å². The molecule has 3 aromatic rings. The van der Waals surface area contributed by atoms with Gasteiger partial charge in [-0.15, -0.1) is 5.10 Å². The normalized spacial score (nSPS) is 13.1. The second-order valence-corrected chi connectivity index (χ2v) is 6.81. The molecule has 3 N–H and O–H groups in total. The van der Waals surface area contributed by atoms with Gasteiger partial charge in [0.05, 0.1) is 0 Å². The average molecular weight is 381 g/mol. The fourth-order valence-electron chi connectivity index (χ4n) is 3.09. The number of aryl methyl sites for hydroxylation is 1. The topological polar surface area (TPSA) is 113 Å². The van der Waals surface area contributed by atoms with Crippen LogP contribution in [0, 0.1) is 6.92 Å². The van der Waals surface area contributed by atoms with E-state index < -0.39 is 6.04 Å². The summed E-state index contributed by atoms with van der Waals surface area (Å²) in [6, 6.07) is 13.6. The van der Waals surface area contributed by atoms with E-state index in [4.69, 9.17) is 0 Å². The SMILES string of the molecule is Cc1nnnn1[C@@H](Cc1ccccc1)C(=O)N[C@@H](C)Cc1ccc(O)c(O)c1. The molecule has 28 heavy (non-hydrogen) atoms. The van der Waals surface area contributed by atoms with Crippen molar-refractivity contribution < 1.29 is 15.0 Å². The predicted octanol–water partition coefficient (Wildman–Crippen LogP) is 1.92. The first-order valence-corrected chi connectivity index (χ1v) is 9.03. The molecule has 146 valence electrons. The van der Waals surface area contributed by atoms with Crippen LogP contribution in [0.15, 0.2) is 48.5 Å². The fraction of sp³-hybridized carbons (Fsp3) is 0.300. The number of hydrogen-bond donors (Lipinski definition) is 3. The van der Waals surface area contributed by atoms with Crippen molar-refractivity contribution in [1.82, 2.24) is 25.5 Å². The van der Waals surface area contributed by atoms with Gasteiger partial charge in [-0.05, 0) is 54.0 Å². The molecule has 1 aromatic heterocycles. The molecule has 2 atom stereocenters. The van der Waals surface area contributed by atoms with Crippen LogP contribution in [0.3, 0.4) is 0 Å². The zero-order valence-electron chi connectivity index (χ0n) is 15.8. The molecule has 0 spiro atoms. The molecule has 1 heterocycles. The van der Waals surface area contributed by atoms with Gasteiger partial charge in [0, 0.05) is 12.5 Å². The maximum Gasteiger partial charge on any atom is 0.245 e. The third kappa shape index (κ3) is 4.64. The lowest BCUT2D eigenvalue weighted by Gasteiger charge is -2.21. The molecular formula is C20H23N5O3. The van der Waals surface area contributed by atoms with E-state index in [1.54, 1.807) is 13.0 Å². The number of nitrogens with zero attached hydrogens (tertiary/aromatic N) is 4. The van der Waals surface area contributed by atoms with Crippen molar-refractivity contribution in [2.24, 2.45) is 0 Å². The van der Waals surface area contributed by atoms with Crippen LogP contribution >= 0.6 is 0 Å². The Kier molecular flexibility index (Phi) is 5.88. The van der Waals surface area contributed by atoms with Gasteiger partial charge < -0.3 is 15.5 Å². The Hall–Kier alpha value is -3.42. The van der Waals surface area contributed by atoms with E-state index in [2.05, 4.69) is 20.8 Å². The number of phenols is 2. The van der Waals surface area contributed by atoms with Gasteiger partial charge in [-0.3, -0.25) is 4.79 Å². The summed E-state index contributed by atoms with van der Waals surface area (Å²) in [7, 11) is 0. The van der Waals surface area contributed by atoms with Crippen LogP contribution in [0.25, 0.3) is 0 Å². The van der Waals surface area contributed by atoms with E-state index in [9.17, 15) is 15.0 Å². The second-order valence-electron chi connectivity index (χ2n) is 6.81. The van der Waals surface area contributed by atoms with Crippen molar-refractivity contribution in [2.45, 2.75) is 38.8 Å². The first-order valence-electron chi connectivity index (χ1n) is 9.03. The van der Waals surface area contributed by atoms with E-state index >= 15 is 0 Å². The van der Waals surface area contributed by atoms with Crippen LogP contribution in [-0.2, 0) is 17.6 Å². The molecular weight excluding hydrogens is 358 g/mol. The van der Waals surface area contributed by atoms with Crippen LogP contribution in [0.4, 0.5) is 0 Å². The van der Waals surface area contributed by atoms with E-state index in [0.717, 1.165) is 11.1 Å². The highest BCUT2D eigenvalue weighted by Crippen LogP contribution is 2.25. The molecule has 2 aromatic carbocycles. The Morgan fingerprint density at radius 2 is 1.82 bits per heavy atom. The molecule has 8 heteroatoms. The van der Waals surface area contributed by atoms with Gasteiger partial charge in [0.25, 0.3) is 0 Å². The quantitative estimate of drug-likeness (QED) is 0.539. The third-order valence-corrected chi connectivity index (χ3v) is 4.50. The molecule has 0 bridgehead atoms. The minimum Gasteiger partial charge on any atom is -0.504 e. The Morgan fingerprint density at radius 1 is 1.07 bits per heavy atom. The number of carbonyl (C=O) groups is 1. The van der Waals surface area contributed by atoms with Crippen molar-refractivity contribution in [2.75, 3.05) is 0 Å². The number of carbonyl (C=O) groups excluding carboxylic acids is 1. The number of nitrogens with one attached hydrogen (secondary N) is 1. The zero-order valence-corrected chi connectivity index (χ0v) is 15.8. The fourth-order valence-corrected chi connectivity index (χ4v) is 3.09. The molecule has 1 amide bonds. The van der Waals surface area contributed by atoms with E-state index in [1.807, 2.05) is 37.3 Å². The number of phenolic OH excluding ortho intramolecular Hbond substituents is 2. The number of tetrazole rings is 1. The van der Waals surface area contributed by atoms with Crippen molar-refractivity contribution in [3.63, 3.8) is 0 Å². The minimum absolute atomic E-state index is 0.169. The predicted molar refractivity (Wildman–Crippen MR) is 103 cm³/mol. The highest BCUT2D eigenvalue weighted by atomic mass is 16.3. The number of rotatable bonds is 7. The maximum absolute atomic E-state index is 13.0. The van der Waals surface area contributed by atoms with E-state index in [0.29, 0.717) is 18.7 Å². The van der Waals surface area contributed by atoms with Crippen LogP contribution in [0.1, 0.15) is 29.9 Å². The largest absolute Gasteiger partial charge is 0.504 e. The molecule has 0 fully saturated rings. The molecule has 0 radical (unpaired) electrons. The summed E-state index contributed by atoms with van der Waals surface area (Å²) >= 11 is 0. The van der Waals surface area contributed by atoms with Gasteiger partial charge in [-0.1, -0.05) is 36.4 Å². The smallest absolute Gasteiger partial charge is 0.245 e. The number of benzene rings is 2. The maximum atomic E-state index is 13.0. The molecule has 0 unspecified atom stereocenters. The summed E-state index contributed by atoms with van der Waals surface area (Å²) in [6.45, 7) is 3.64.